The van der Waals surface area contributed by atoms with Gasteiger partial charge in [0.2, 0.25) is 8.07 Å². The second-order valence-electron chi connectivity index (χ2n) is 10.8. The molecule has 0 aliphatic carbocycles. The van der Waals surface area contributed by atoms with Crippen molar-refractivity contribution in [1.82, 2.24) is 19.3 Å². The Morgan fingerprint density at radius 2 is 1.16 bits per heavy atom. The van der Waals surface area contributed by atoms with Gasteiger partial charge in [0.05, 0.1) is 16.7 Å². The van der Waals surface area contributed by atoms with Gasteiger partial charge in [-0.2, -0.15) is 5.10 Å². The predicted octanol–water partition coefficient (Wildman–Crippen LogP) is 5.74. The van der Waals surface area contributed by atoms with Crippen LogP contribution in [0.2, 0.25) is 0 Å². The lowest BCUT2D eigenvalue weighted by Gasteiger charge is -2.33. The number of hydrogen-bond acceptors (Lipinski definition) is 2. The number of nitrogens with zero attached hydrogens (tertiary/aromatic N) is 4. The highest BCUT2D eigenvalue weighted by molar-refractivity contribution is 7.19. The van der Waals surface area contributed by atoms with Gasteiger partial charge in [0.15, 0.2) is 0 Å². The van der Waals surface area contributed by atoms with Crippen LogP contribution in [0.3, 0.4) is 0 Å². The maximum absolute atomic E-state index is 5.07. The summed E-state index contributed by atoms with van der Waals surface area (Å²) in [6.07, 6.45) is 5.73. The molecule has 0 radical (unpaired) electrons. The minimum Gasteiger partial charge on any atom is -0.309 e. The smallest absolute Gasteiger partial charge is 0.201 e. The maximum atomic E-state index is 5.07. The summed E-state index contributed by atoms with van der Waals surface area (Å²) in [4.78, 5) is 5.07. The lowest BCUT2D eigenvalue weighted by atomic mass is 10.1. The topological polar surface area (TPSA) is 35.6 Å². The van der Waals surface area contributed by atoms with E-state index >= 15 is 0 Å². The Balaban J connectivity index is 1.47. The van der Waals surface area contributed by atoms with E-state index in [0.29, 0.717) is 0 Å². The first kappa shape index (κ1) is 25.2. The van der Waals surface area contributed by atoms with Crippen molar-refractivity contribution >= 4 is 50.8 Å². The molecule has 0 N–H and O–H groups in total. The van der Waals surface area contributed by atoms with Gasteiger partial charge in [0.1, 0.15) is 0 Å². The van der Waals surface area contributed by atoms with Crippen LogP contribution in [-0.2, 0) is 0 Å². The fourth-order valence-electron chi connectivity index (χ4n) is 6.58. The predicted molar refractivity (Wildman–Crippen MR) is 179 cm³/mol. The molecule has 204 valence electrons. The second kappa shape index (κ2) is 10.4. The number of hydrogen-bond donors (Lipinski definition) is 0. The van der Waals surface area contributed by atoms with Gasteiger partial charge in [-0.05, 0) is 64.1 Å². The molecule has 8 rings (SSSR count). The Morgan fingerprint density at radius 1 is 0.465 bits per heavy atom. The summed E-state index contributed by atoms with van der Waals surface area (Å²) >= 11 is 0. The van der Waals surface area contributed by atoms with Gasteiger partial charge < -0.3 is 4.57 Å². The van der Waals surface area contributed by atoms with Crippen molar-refractivity contribution in [2.45, 2.75) is 0 Å². The van der Waals surface area contributed by atoms with Crippen molar-refractivity contribution in [1.29, 1.82) is 0 Å². The molecular formula is C38H28N4Si. The molecule has 0 bridgehead atoms. The summed E-state index contributed by atoms with van der Waals surface area (Å²) in [5.74, 6) is 0. The third-order valence-electron chi connectivity index (χ3n) is 8.43. The molecule has 5 aromatic carbocycles. The average Bonchev–Trinajstić information content (AvgIpc) is 3.74. The van der Waals surface area contributed by atoms with E-state index in [0.717, 1.165) is 16.7 Å². The Hall–Kier alpha value is -5.52. The molecule has 4 nitrogen and oxygen atoms in total. The molecule has 0 saturated heterocycles. The summed E-state index contributed by atoms with van der Waals surface area (Å²) in [5, 5.41) is 12.0. The van der Waals surface area contributed by atoms with Gasteiger partial charge in [-0.1, -0.05) is 103 Å². The zero-order chi connectivity index (χ0) is 28.6. The normalized spacial score (nSPS) is 11.7. The van der Waals surface area contributed by atoms with Crippen molar-refractivity contribution < 1.29 is 0 Å². The molecule has 0 spiro atoms. The Bertz CT molecular complexity index is 2070. The SMILES string of the molecule is c1ccc([Si](c2ccccc2)(c2ccc3c4ccccc4n(-c4cccc(-n5cccn5)c4)c3c2)c2ccccn2)cc1. The molecule has 3 heterocycles. The van der Waals surface area contributed by atoms with Gasteiger partial charge in [0.25, 0.3) is 0 Å². The number of rotatable bonds is 6. The van der Waals surface area contributed by atoms with Gasteiger partial charge in [-0.15, -0.1) is 0 Å². The van der Waals surface area contributed by atoms with E-state index in [-0.39, 0.29) is 0 Å². The van der Waals surface area contributed by atoms with E-state index in [2.05, 4.69) is 149 Å². The lowest BCUT2D eigenvalue weighted by molar-refractivity contribution is 0.879. The van der Waals surface area contributed by atoms with Gasteiger partial charge in [-0.25, -0.2) is 4.68 Å². The van der Waals surface area contributed by atoms with Crippen LogP contribution in [0.25, 0.3) is 33.2 Å². The molecule has 8 aromatic rings. The van der Waals surface area contributed by atoms with Crippen LogP contribution < -0.4 is 20.9 Å². The van der Waals surface area contributed by atoms with Gasteiger partial charge >= 0.3 is 0 Å². The highest BCUT2D eigenvalue weighted by Gasteiger charge is 2.43. The molecule has 0 fully saturated rings. The molecule has 43 heavy (non-hydrogen) atoms. The summed E-state index contributed by atoms with van der Waals surface area (Å²) in [6.45, 7) is 0. The van der Waals surface area contributed by atoms with E-state index in [1.54, 1.807) is 0 Å². The van der Waals surface area contributed by atoms with Gasteiger partial charge in [-0.3, -0.25) is 4.98 Å². The zero-order valence-electron chi connectivity index (χ0n) is 23.5. The third-order valence-corrected chi connectivity index (χ3v) is 13.1. The molecule has 0 unspecified atom stereocenters. The molecule has 3 aromatic heterocycles. The number of pyridine rings is 1. The fourth-order valence-corrected chi connectivity index (χ4v) is 11.2. The van der Waals surface area contributed by atoms with Crippen molar-refractivity contribution in [2.24, 2.45) is 0 Å². The quantitative estimate of drug-likeness (QED) is 0.189. The monoisotopic (exact) mass is 568 g/mol. The third kappa shape index (κ3) is 4.05. The highest BCUT2D eigenvalue weighted by Crippen LogP contribution is 2.32. The standard InChI is InChI=1S/C38H28N4Si/c1-3-15-31(16-4-1)43(32-17-5-2-6-18-32,38-21-9-10-24-39-38)33-22-23-35-34-19-7-8-20-36(34)42(37(35)28-33)30-14-11-13-29(27-30)41-26-12-25-40-41/h1-28H. The zero-order valence-corrected chi connectivity index (χ0v) is 24.5. The summed E-state index contributed by atoms with van der Waals surface area (Å²) < 4.78 is 4.31. The molecule has 0 amide bonds. The van der Waals surface area contributed by atoms with Crippen molar-refractivity contribution in [2.75, 3.05) is 0 Å². The van der Waals surface area contributed by atoms with Crippen LogP contribution in [0.5, 0.6) is 0 Å². The molecular weight excluding hydrogens is 541 g/mol. The Morgan fingerprint density at radius 3 is 1.88 bits per heavy atom. The Kier molecular flexibility index (Phi) is 6.09. The minimum absolute atomic E-state index is 1.02. The van der Waals surface area contributed by atoms with E-state index in [1.807, 2.05) is 35.4 Å². The summed E-state index contributed by atoms with van der Waals surface area (Å²) in [7, 11) is -2.78. The largest absolute Gasteiger partial charge is 0.309 e. The molecule has 5 heteroatoms. The van der Waals surface area contributed by atoms with Crippen LogP contribution >= 0.6 is 0 Å². The molecule has 0 aliphatic rings. The second-order valence-corrected chi connectivity index (χ2v) is 14.5. The highest BCUT2D eigenvalue weighted by atomic mass is 28.3. The van der Waals surface area contributed by atoms with Crippen molar-refractivity contribution in [3.05, 3.63) is 170 Å². The van der Waals surface area contributed by atoms with Crippen LogP contribution in [0.4, 0.5) is 0 Å². The Labute approximate surface area is 251 Å². The van der Waals surface area contributed by atoms with Gasteiger partial charge in [0, 0.05) is 40.4 Å². The summed E-state index contributed by atoms with van der Waals surface area (Å²) in [5.41, 5.74) is 4.48. The average molecular weight is 569 g/mol. The summed E-state index contributed by atoms with van der Waals surface area (Å²) in [6, 6.07) is 54.6. The van der Waals surface area contributed by atoms with E-state index in [9.17, 15) is 0 Å². The number of para-hydroxylation sites is 1. The fraction of sp³-hybridized carbons (Fsp3) is 0. The number of fused-ring (bicyclic) bond motifs is 3. The van der Waals surface area contributed by atoms with Crippen molar-refractivity contribution in [3.63, 3.8) is 0 Å². The van der Waals surface area contributed by atoms with E-state index in [1.165, 1.54) is 37.4 Å². The maximum Gasteiger partial charge on any atom is 0.201 e. The first-order valence-electron chi connectivity index (χ1n) is 14.5. The lowest BCUT2D eigenvalue weighted by Crippen LogP contribution is -2.75. The van der Waals surface area contributed by atoms with Crippen molar-refractivity contribution in [3.8, 4) is 11.4 Å². The number of aromatic nitrogens is 4. The van der Waals surface area contributed by atoms with Crippen LogP contribution in [0.1, 0.15) is 0 Å². The van der Waals surface area contributed by atoms with Crippen LogP contribution in [0.15, 0.2) is 170 Å². The molecule has 0 aliphatic heterocycles. The molecule has 0 saturated carbocycles. The minimum atomic E-state index is -2.78. The first-order valence-corrected chi connectivity index (χ1v) is 16.5. The first-order chi connectivity index (χ1) is 21.3. The molecule has 0 atom stereocenters. The van der Waals surface area contributed by atoms with Crippen LogP contribution in [-0.4, -0.2) is 27.4 Å². The number of benzene rings is 5. The van der Waals surface area contributed by atoms with E-state index < -0.39 is 8.07 Å². The van der Waals surface area contributed by atoms with E-state index in [4.69, 9.17) is 4.98 Å². The van der Waals surface area contributed by atoms with Crippen LogP contribution in [0, 0.1) is 0 Å².